The molecule has 1 aliphatic rings. The molecule has 0 amide bonds. The average Bonchev–Trinajstić information content (AvgIpc) is 3.17. The zero-order valence-electron chi connectivity index (χ0n) is 14.3. The van der Waals surface area contributed by atoms with Gasteiger partial charge in [0.25, 0.3) is 0 Å². The Morgan fingerprint density at radius 3 is 2.92 bits per heavy atom. The number of rotatable bonds is 5. The summed E-state index contributed by atoms with van der Waals surface area (Å²) < 4.78 is 5.16. The SMILES string of the molecule is COc1cc(-c2nc(CN3CCCC3C(C)(C)O)cs2)ccc1O. The third kappa shape index (κ3) is 3.55. The van der Waals surface area contributed by atoms with Crippen molar-refractivity contribution in [1.29, 1.82) is 0 Å². The molecule has 1 unspecified atom stereocenters. The summed E-state index contributed by atoms with van der Waals surface area (Å²) in [5.74, 6) is 0.578. The zero-order chi connectivity index (χ0) is 17.3. The number of hydrogen-bond acceptors (Lipinski definition) is 6. The first-order valence-electron chi connectivity index (χ1n) is 8.16. The van der Waals surface area contributed by atoms with Crippen molar-refractivity contribution >= 4 is 11.3 Å². The molecule has 5 nitrogen and oxygen atoms in total. The Morgan fingerprint density at radius 1 is 1.42 bits per heavy atom. The molecule has 1 aromatic carbocycles. The van der Waals surface area contributed by atoms with E-state index < -0.39 is 5.60 Å². The van der Waals surface area contributed by atoms with E-state index in [0.29, 0.717) is 5.75 Å². The Hall–Kier alpha value is -1.63. The van der Waals surface area contributed by atoms with Gasteiger partial charge in [-0.3, -0.25) is 4.90 Å². The molecule has 2 heterocycles. The molecule has 1 fully saturated rings. The number of benzene rings is 1. The molecule has 0 radical (unpaired) electrons. The van der Waals surface area contributed by atoms with Crippen molar-refractivity contribution in [3.63, 3.8) is 0 Å². The van der Waals surface area contributed by atoms with Crippen LogP contribution in [0.25, 0.3) is 10.6 Å². The van der Waals surface area contributed by atoms with Crippen LogP contribution in [0.5, 0.6) is 11.5 Å². The Kier molecular flexibility index (Phi) is 4.80. The van der Waals surface area contributed by atoms with Gasteiger partial charge < -0.3 is 14.9 Å². The monoisotopic (exact) mass is 348 g/mol. The third-order valence-corrected chi connectivity index (χ3v) is 5.46. The second-order valence-corrected chi connectivity index (χ2v) is 7.67. The van der Waals surface area contributed by atoms with Crippen LogP contribution >= 0.6 is 11.3 Å². The smallest absolute Gasteiger partial charge is 0.161 e. The van der Waals surface area contributed by atoms with Crippen LogP contribution in [0.3, 0.4) is 0 Å². The van der Waals surface area contributed by atoms with Crippen LogP contribution in [-0.4, -0.2) is 45.4 Å². The zero-order valence-corrected chi connectivity index (χ0v) is 15.1. The van der Waals surface area contributed by atoms with E-state index in [4.69, 9.17) is 9.72 Å². The number of aliphatic hydroxyl groups is 1. The minimum absolute atomic E-state index is 0.128. The molecule has 0 bridgehead atoms. The van der Waals surface area contributed by atoms with Gasteiger partial charge in [0.05, 0.1) is 18.4 Å². The number of thiazole rings is 1. The molecule has 2 N–H and O–H groups in total. The minimum atomic E-state index is -0.695. The van der Waals surface area contributed by atoms with E-state index in [1.165, 1.54) is 7.11 Å². The fraction of sp³-hybridized carbons (Fsp3) is 0.500. The lowest BCUT2D eigenvalue weighted by Crippen LogP contribution is -2.45. The van der Waals surface area contributed by atoms with Gasteiger partial charge in [-0.25, -0.2) is 4.98 Å². The molecular weight excluding hydrogens is 324 g/mol. The Labute approximate surface area is 146 Å². The van der Waals surface area contributed by atoms with Crippen LogP contribution in [0.1, 0.15) is 32.4 Å². The molecule has 0 saturated carbocycles. The molecule has 0 aliphatic carbocycles. The summed E-state index contributed by atoms with van der Waals surface area (Å²) in [4.78, 5) is 7.04. The van der Waals surface area contributed by atoms with E-state index in [0.717, 1.165) is 42.2 Å². The van der Waals surface area contributed by atoms with Crippen molar-refractivity contribution in [2.45, 2.75) is 44.9 Å². The molecule has 24 heavy (non-hydrogen) atoms. The second kappa shape index (κ2) is 6.70. The van der Waals surface area contributed by atoms with E-state index in [1.54, 1.807) is 23.5 Å². The summed E-state index contributed by atoms with van der Waals surface area (Å²) in [7, 11) is 1.54. The predicted octanol–water partition coefficient (Wildman–Crippen LogP) is 3.26. The van der Waals surface area contributed by atoms with Crippen molar-refractivity contribution in [3.8, 4) is 22.1 Å². The van der Waals surface area contributed by atoms with Gasteiger partial charge in [0.2, 0.25) is 0 Å². The molecule has 0 spiro atoms. The molecule has 1 saturated heterocycles. The lowest BCUT2D eigenvalue weighted by molar-refractivity contribution is -0.00530. The van der Waals surface area contributed by atoms with Gasteiger partial charge >= 0.3 is 0 Å². The number of phenols is 1. The predicted molar refractivity (Wildman–Crippen MR) is 95.5 cm³/mol. The molecule has 2 aromatic rings. The topological polar surface area (TPSA) is 65.8 Å². The number of aromatic hydroxyl groups is 1. The molecule has 130 valence electrons. The Balaban J connectivity index is 1.76. The van der Waals surface area contributed by atoms with E-state index in [1.807, 2.05) is 19.9 Å². The normalized spacial score (nSPS) is 18.9. The van der Waals surface area contributed by atoms with Crippen molar-refractivity contribution in [2.24, 2.45) is 0 Å². The van der Waals surface area contributed by atoms with Gasteiger partial charge in [-0.15, -0.1) is 11.3 Å². The number of hydrogen-bond donors (Lipinski definition) is 2. The van der Waals surface area contributed by atoms with Crippen LogP contribution in [0.4, 0.5) is 0 Å². The highest BCUT2D eigenvalue weighted by molar-refractivity contribution is 7.13. The molecule has 3 rings (SSSR count). The quantitative estimate of drug-likeness (QED) is 0.868. The molecule has 1 aromatic heterocycles. The first kappa shape index (κ1) is 17.2. The number of aromatic nitrogens is 1. The van der Waals surface area contributed by atoms with Crippen molar-refractivity contribution in [1.82, 2.24) is 9.88 Å². The van der Waals surface area contributed by atoms with Crippen molar-refractivity contribution in [2.75, 3.05) is 13.7 Å². The third-order valence-electron chi connectivity index (χ3n) is 4.52. The highest BCUT2D eigenvalue weighted by Gasteiger charge is 2.35. The summed E-state index contributed by atoms with van der Waals surface area (Å²) in [5.41, 5.74) is 1.25. The van der Waals surface area contributed by atoms with E-state index in [-0.39, 0.29) is 11.8 Å². The maximum atomic E-state index is 10.3. The molecule has 6 heteroatoms. The van der Waals surface area contributed by atoms with Crippen LogP contribution in [0.15, 0.2) is 23.6 Å². The van der Waals surface area contributed by atoms with Crippen LogP contribution in [0.2, 0.25) is 0 Å². The molecule has 1 aliphatic heterocycles. The number of phenolic OH excluding ortho intramolecular Hbond substituents is 1. The van der Waals surface area contributed by atoms with Gasteiger partial charge in [-0.05, 0) is 51.4 Å². The first-order valence-corrected chi connectivity index (χ1v) is 9.04. The van der Waals surface area contributed by atoms with Gasteiger partial charge in [-0.1, -0.05) is 0 Å². The first-order chi connectivity index (χ1) is 11.4. The Morgan fingerprint density at radius 2 is 2.21 bits per heavy atom. The van der Waals surface area contributed by atoms with E-state index in [9.17, 15) is 10.2 Å². The standard InChI is InChI=1S/C18H24N2O3S/c1-18(2,22)16-5-4-8-20(16)10-13-11-24-17(19-13)12-6-7-14(21)15(9-12)23-3/h6-7,9,11,16,21-22H,4-5,8,10H2,1-3H3. The molecule has 1 atom stereocenters. The van der Waals surface area contributed by atoms with Crippen LogP contribution in [0, 0.1) is 0 Å². The summed E-state index contributed by atoms with van der Waals surface area (Å²) in [5, 5.41) is 23.0. The molecular formula is C18H24N2O3S. The fourth-order valence-corrected chi connectivity index (χ4v) is 4.15. The highest BCUT2D eigenvalue weighted by Crippen LogP contribution is 2.34. The Bertz CT molecular complexity index is 709. The second-order valence-electron chi connectivity index (χ2n) is 6.81. The number of methoxy groups -OCH3 is 1. The van der Waals surface area contributed by atoms with Crippen LogP contribution in [-0.2, 0) is 6.54 Å². The van der Waals surface area contributed by atoms with Crippen LogP contribution < -0.4 is 4.74 Å². The van der Waals surface area contributed by atoms with Crippen molar-refractivity contribution < 1.29 is 14.9 Å². The number of ether oxygens (including phenoxy) is 1. The van der Waals surface area contributed by atoms with Gasteiger partial charge in [0, 0.05) is 23.5 Å². The lowest BCUT2D eigenvalue weighted by atomic mass is 9.96. The van der Waals surface area contributed by atoms with Gasteiger partial charge in [0.1, 0.15) is 5.01 Å². The van der Waals surface area contributed by atoms with E-state index >= 15 is 0 Å². The number of likely N-dealkylation sites (tertiary alicyclic amines) is 1. The highest BCUT2D eigenvalue weighted by atomic mass is 32.1. The fourth-order valence-electron chi connectivity index (χ4n) is 3.35. The maximum Gasteiger partial charge on any atom is 0.161 e. The summed E-state index contributed by atoms with van der Waals surface area (Å²) >= 11 is 1.58. The van der Waals surface area contributed by atoms with Crippen molar-refractivity contribution in [3.05, 3.63) is 29.3 Å². The summed E-state index contributed by atoms with van der Waals surface area (Å²) in [6.07, 6.45) is 2.14. The largest absolute Gasteiger partial charge is 0.504 e. The minimum Gasteiger partial charge on any atom is -0.504 e. The summed E-state index contributed by atoms with van der Waals surface area (Å²) in [6, 6.07) is 5.44. The summed E-state index contributed by atoms with van der Waals surface area (Å²) in [6.45, 7) is 5.51. The van der Waals surface area contributed by atoms with E-state index in [2.05, 4.69) is 10.3 Å². The average molecular weight is 348 g/mol. The van der Waals surface area contributed by atoms with Gasteiger partial charge in [0.15, 0.2) is 11.5 Å². The van der Waals surface area contributed by atoms with Gasteiger partial charge in [-0.2, -0.15) is 0 Å². The number of nitrogens with zero attached hydrogens (tertiary/aromatic N) is 2. The maximum absolute atomic E-state index is 10.3. The lowest BCUT2D eigenvalue weighted by Gasteiger charge is -2.33.